The SMILES string of the molecule is COC(=O)[C@H](Cc1ccccc1)NC(=O)/C=C/c1cccc(Oc2ccccc2)c1. The van der Waals surface area contributed by atoms with Gasteiger partial charge in [-0.05, 0) is 41.5 Å². The summed E-state index contributed by atoms with van der Waals surface area (Å²) in [5.74, 6) is 0.535. The maximum atomic E-state index is 12.4. The van der Waals surface area contributed by atoms with Crippen LogP contribution in [0.25, 0.3) is 6.08 Å². The van der Waals surface area contributed by atoms with Crippen molar-refractivity contribution in [2.75, 3.05) is 7.11 Å². The van der Waals surface area contributed by atoms with Crippen molar-refractivity contribution >= 4 is 18.0 Å². The van der Waals surface area contributed by atoms with E-state index >= 15 is 0 Å². The highest BCUT2D eigenvalue weighted by Gasteiger charge is 2.20. The van der Waals surface area contributed by atoms with E-state index in [1.165, 1.54) is 13.2 Å². The predicted octanol–water partition coefficient (Wildman–Crippen LogP) is 4.39. The Morgan fingerprint density at radius 3 is 2.27 bits per heavy atom. The summed E-state index contributed by atoms with van der Waals surface area (Å²) in [5, 5.41) is 2.71. The molecule has 0 aliphatic heterocycles. The first-order chi connectivity index (χ1) is 14.6. The molecule has 1 amide bonds. The maximum Gasteiger partial charge on any atom is 0.328 e. The minimum Gasteiger partial charge on any atom is -0.467 e. The number of carbonyl (C=O) groups is 2. The second kappa shape index (κ2) is 10.6. The first kappa shape index (κ1) is 20.9. The third kappa shape index (κ3) is 6.34. The van der Waals surface area contributed by atoms with Crippen LogP contribution < -0.4 is 10.1 Å². The molecular weight excluding hydrogens is 378 g/mol. The van der Waals surface area contributed by atoms with Gasteiger partial charge in [-0.15, -0.1) is 0 Å². The Labute approximate surface area is 176 Å². The van der Waals surface area contributed by atoms with E-state index in [-0.39, 0.29) is 5.91 Å². The third-order valence-electron chi connectivity index (χ3n) is 4.35. The number of ether oxygens (including phenoxy) is 2. The number of carbonyl (C=O) groups excluding carboxylic acids is 2. The first-order valence-corrected chi connectivity index (χ1v) is 9.57. The summed E-state index contributed by atoms with van der Waals surface area (Å²) in [7, 11) is 1.31. The summed E-state index contributed by atoms with van der Waals surface area (Å²) in [6.07, 6.45) is 3.42. The molecule has 0 aliphatic rings. The Bertz CT molecular complexity index is 1000. The lowest BCUT2D eigenvalue weighted by atomic mass is 10.1. The Morgan fingerprint density at radius 1 is 0.900 bits per heavy atom. The van der Waals surface area contributed by atoms with Gasteiger partial charge in [0.1, 0.15) is 17.5 Å². The zero-order chi connectivity index (χ0) is 21.2. The maximum absolute atomic E-state index is 12.4. The second-order valence-corrected chi connectivity index (χ2v) is 6.59. The van der Waals surface area contributed by atoms with Gasteiger partial charge in [-0.1, -0.05) is 60.7 Å². The van der Waals surface area contributed by atoms with Crippen LogP contribution >= 0.6 is 0 Å². The van der Waals surface area contributed by atoms with Crippen LogP contribution in [0, 0.1) is 0 Å². The minimum atomic E-state index is -0.762. The molecule has 5 nitrogen and oxygen atoms in total. The van der Waals surface area contributed by atoms with Crippen LogP contribution in [-0.2, 0) is 20.7 Å². The highest BCUT2D eigenvalue weighted by atomic mass is 16.5. The average Bonchev–Trinajstić information content (AvgIpc) is 2.78. The van der Waals surface area contributed by atoms with E-state index in [0.717, 1.165) is 16.9 Å². The van der Waals surface area contributed by atoms with Crippen LogP contribution in [0.4, 0.5) is 0 Å². The molecule has 152 valence electrons. The van der Waals surface area contributed by atoms with Crippen LogP contribution in [-0.4, -0.2) is 25.0 Å². The molecule has 1 N–H and O–H groups in total. The molecule has 0 radical (unpaired) electrons. The van der Waals surface area contributed by atoms with Gasteiger partial charge in [-0.25, -0.2) is 4.79 Å². The average molecular weight is 401 g/mol. The fourth-order valence-electron chi connectivity index (χ4n) is 2.88. The predicted molar refractivity (Wildman–Crippen MR) is 116 cm³/mol. The van der Waals surface area contributed by atoms with Crippen LogP contribution in [0.15, 0.2) is 91.0 Å². The number of hydrogen-bond donors (Lipinski definition) is 1. The number of nitrogens with one attached hydrogen (secondary N) is 1. The van der Waals surface area contributed by atoms with E-state index in [2.05, 4.69) is 5.32 Å². The molecule has 0 aliphatic carbocycles. The Kier molecular flexibility index (Phi) is 7.39. The molecule has 0 heterocycles. The summed E-state index contributed by atoms with van der Waals surface area (Å²) in [4.78, 5) is 24.4. The molecule has 5 heteroatoms. The van der Waals surface area contributed by atoms with Crippen molar-refractivity contribution in [2.45, 2.75) is 12.5 Å². The molecule has 0 saturated carbocycles. The fraction of sp³-hybridized carbons (Fsp3) is 0.120. The summed E-state index contributed by atoms with van der Waals surface area (Å²) >= 11 is 0. The van der Waals surface area contributed by atoms with Crippen LogP contribution in [0.1, 0.15) is 11.1 Å². The molecule has 3 aromatic carbocycles. The van der Waals surface area contributed by atoms with Gasteiger partial charge in [-0.2, -0.15) is 0 Å². The highest BCUT2D eigenvalue weighted by molar-refractivity contribution is 5.94. The summed E-state index contributed by atoms with van der Waals surface area (Å²) in [6, 6.07) is 25.6. The van der Waals surface area contributed by atoms with E-state index in [9.17, 15) is 9.59 Å². The summed E-state index contributed by atoms with van der Waals surface area (Å²) < 4.78 is 10.6. The fourth-order valence-corrected chi connectivity index (χ4v) is 2.88. The molecule has 0 bridgehead atoms. The number of para-hydroxylation sites is 1. The molecular formula is C25H23NO4. The third-order valence-corrected chi connectivity index (χ3v) is 4.35. The number of rotatable bonds is 8. The quantitative estimate of drug-likeness (QED) is 0.449. The summed E-state index contributed by atoms with van der Waals surface area (Å²) in [5.41, 5.74) is 1.74. The first-order valence-electron chi connectivity index (χ1n) is 9.57. The molecule has 0 unspecified atom stereocenters. The molecule has 3 aromatic rings. The van der Waals surface area contributed by atoms with Gasteiger partial charge < -0.3 is 14.8 Å². The van der Waals surface area contributed by atoms with E-state index in [1.807, 2.05) is 84.9 Å². The van der Waals surface area contributed by atoms with Crippen molar-refractivity contribution in [1.29, 1.82) is 0 Å². The van der Waals surface area contributed by atoms with E-state index < -0.39 is 12.0 Å². The van der Waals surface area contributed by atoms with E-state index in [0.29, 0.717) is 12.2 Å². The monoisotopic (exact) mass is 401 g/mol. The smallest absolute Gasteiger partial charge is 0.328 e. The number of methoxy groups -OCH3 is 1. The number of amides is 1. The second-order valence-electron chi connectivity index (χ2n) is 6.59. The van der Waals surface area contributed by atoms with E-state index in [4.69, 9.17) is 9.47 Å². The molecule has 0 aromatic heterocycles. The van der Waals surface area contributed by atoms with Gasteiger partial charge in [-0.3, -0.25) is 4.79 Å². The molecule has 1 atom stereocenters. The van der Waals surface area contributed by atoms with Crippen LogP contribution in [0.5, 0.6) is 11.5 Å². The van der Waals surface area contributed by atoms with Crippen LogP contribution in [0.3, 0.4) is 0 Å². The zero-order valence-electron chi connectivity index (χ0n) is 16.7. The van der Waals surface area contributed by atoms with Crippen molar-refractivity contribution in [3.8, 4) is 11.5 Å². The van der Waals surface area contributed by atoms with Crippen molar-refractivity contribution in [2.24, 2.45) is 0 Å². The lowest BCUT2D eigenvalue weighted by Gasteiger charge is -2.15. The van der Waals surface area contributed by atoms with Crippen molar-refractivity contribution in [3.05, 3.63) is 102 Å². The normalized spacial score (nSPS) is 11.6. The molecule has 0 saturated heterocycles. The lowest BCUT2D eigenvalue weighted by molar-refractivity contribution is -0.144. The van der Waals surface area contributed by atoms with Crippen LogP contribution in [0.2, 0.25) is 0 Å². The Hall–Kier alpha value is -3.86. The van der Waals surface area contributed by atoms with Gasteiger partial charge in [0, 0.05) is 12.5 Å². The number of hydrogen-bond acceptors (Lipinski definition) is 4. The van der Waals surface area contributed by atoms with Crippen molar-refractivity contribution in [3.63, 3.8) is 0 Å². The van der Waals surface area contributed by atoms with E-state index in [1.54, 1.807) is 6.08 Å². The zero-order valence-corrected chi connectivity index (χ0v) is 16.7. The Balaban J connectivity index is 1.63. The molecule has 0 spiro atoms. The molecule has 30 heavy (non-hydrogen) atoms. The highest BCUT2D eigenvalue weighted by Crippen LogP contribution is 2.22. The lowest BCUT2D eigenvalue weighted by Crippen LogP contribution is -2.42. The minimum absolute atomic E-state index is 0.355. The largest absolute Gasteiger partial charge is 0.467 e. The van der Waals surface area contributed by atoms with Gasteiger partial charge >= 0.3 is 5.97 Å². The molecule has 0 fully saturated rings. The molecule has 3 rings (SSSR count). The van der Waals surface area contributed by atoms with Gasteiger partial charge in [0.05, 0.1) is 7.11 Å². The topological polar surface area (TPSA) is 64.6 Å². The Morgan fingerprint density at radius 2 is 1.57 bits per heavy atom. The summed E-state index contributed by atoms with van der Waals surface area (Å²) in [6.45, 7) is 0. The van der Waals surface area contributed by atoms with Gasteiger partial charge in [0.25, 0.3) is 0 Å². The van der Waals surface area contributed by atoms with Crippen molar-refractivity contribution < 1.29 is 19.1 Å². The van der Waals surface area contributed by atoms with Gasteiger partial charge in [0.2, 0.25) is 5.91 Å². The standard InChI is InChI=1S/C25H23NO4/c1-29-25(28)23(18-19-9-4-2-5-10-19)26-24(27)16-15-20-11-8-14-22(17-20)30-21-12-6-3-7-13-21/h2-17,23H,18H2,1H3,(H,26,27)/b16-15+/t23-/m0/s1. The number of benzene rings is 3. The van der Waals surface area contributed by atoms with Gasteiger partial charge in [0.15, 0.2) is 0 Å². The number of esters is 1. The van der Waals surface area contributed by atoms with Crippen molar-refractivity contribution in [1.82, 2.24) is 5.32 Å².